The van der Waals surface area contributed by atoms with Crippen LogP contribution in [0.5, 0.6) is 11.5 Å². The Labute approximate surface area is 131 Å². The van der Waals surface area contributed by atoms with Gasteiger partial charge in [0.1, 0.15) is 11.5 Å². The Bertz CT molecular complexity index is 529. The van der Waals surface area contributed by atoms with Crippen LogP contribution < -0.4 is 4.74 Å². The van der Waals surface area contributed by atoms with Gasteiger partial charge < -0.3 is 14.7 Å². The molecule has 1 heterocycles. The Balaban J connectivity index is 1.79. The number of aliphatic imine (C=N–C) groups is 1. The summed E-state index contributed by atoms with van der Waals surface area (Å²) in [6, 6.07) is 5.05. The van der Waals surface area contributed by atoms with Gasteiger partial charge in [0.2, 0.25) is 5.91 Å². The van der Waals surface area contributed by atoms with Gasteiger partial charge in [-0.05, 0) is 37.5 Å². The van der Waals surface area contributed by atoms with Crippen molar-refractivity contribution in [2.45, 2.75) is 32.1 Å². The summed E-state index contributed by atoms with van der Waals surface area (Å²) >= 11 is 0. The first-order valence-electron chi connectivity index (χ1n) is 7.85. The van der Waals surface area contributed by atoms with Crippen molar-refractivity contribution in [3.05, 3.63) is 23.8 Å². The average Bonchev–Trinajstić information content (AvgIpc) is 2.73. The van der Waals surface area contributed by atoms with E-state index in [-0.39, 0.29) is 11.7 Å². The number of amides is 1. The highest BCUT2D eigenvalue weighted by molar-refractivity contribution is 5.84. The quantitative estimate of drug-likeness (QED) is 0.649. The molecule has 5 nitrogen and oxygen atoms in total. The predicted octanol–water partition coefficient (Wildman–Crippen LogP) is 2.61. The number of carbonyl (C=O) groups is 1. The van der Waals surface area contributed by atoms with Crippen molar-refractivity contribution in [3.8, 4) is 11.5 Å². The zero-order chi connectivity index (χ0) is 15.8. The van der Waals surface area contributed by atoms with Gasteiger partial charge in [0.25, 0.3) is 0 Å². The molecule has 22 heavy (non-hydrogen) atoms. The predicted molar refractivity (Wildman–Crippen MR) is 86.8 cm³/mol. The fraction of sp³-hybridized carbons (Fsp3) is 0.529. The van der Waals surface area contributed by atoms with Crippen molar-refractivity contribution in [2.24, 2.45) is 4.99 Å². The molecule has 1 aliphatic heterocycles. The number of rotatable bonds is 6. The summed E-state index contributed by atoms with van der Waals surface area (Å²) in [6.07, 6.45) is 6.45. The third kappa shape index (κ3) is 4.76. The first-order valence-corrected chi connectivity index (χ1v) is 7.85. The minimum Gasteiger partial charge on any atom is -0.507 e. The van der Waals surface area contributed by atoms with Crippen molar-refractivity contribution in [2.75, 3.05) is 26.7 Å². The lowest BCUT2D eigenvalue weighted by atomic mass is 10.2. The summed E-state index contributed by atoms with van der Waals surface area (Å²) in [5, 5.41) is 9.76. The maximum atomic E-state index is 11.9. The maximum Gasteiger partial charge on any atom is 0.222 e. The van der Waals surface area contributed by atoms with Gasteiger partial charge in [-0.25, -0.2) is 0 Å². The molecule has 5 heteroatoms. The Morgan fingerprint density at radius 2 is 2.23 bits per heavy atom. The monoisotopic (exact) mass is 304 g/mol. The van der Waals surface area contributed by atoms with Gasteiger partial charge in [0, 0.05) is 37.8 Å². The number of carbonyl (C=O) groups excluding carboxylic acids is 1. The van der Waals surface area contributed by atoms with Gasteiger partial charge in [-0.2, -0.15) is 0 Å². The first kappa shape index (κ1) is 16.3. The highest BCUT2D eigenvalue weighted by Gasteiger charge is 2.15. The Morgan fingerprint density at radius 1 is 1.36 bits per heavy atom. The largest absolute Gasteiger partial charge is 0.507 e. The second-order valence-electron chi connectivity index (χ2n) is 5.51. The summed E-state index contributed by atoms with van der Waals surface area (Å²) in [5.74, 6) is 1.15. The number of aromatic hydroxyl groups is 1. The van der Waals surface area contributed by atoms with Crippen LogP contribution in [0.3, 0.4) is 0 Å². The fourth-order valence-corrected chi connectivity index (χ4v) is 2.55. The number of phenols is 1. The summed E-state index contributed by atoms with van der Waals surface area (Å²) < 4.78 is 5.12. The topological polar surface area (TPSA) is 62.1 Å². The highest BCUT2D eigenvalue weighted by Crippen LogP contribution is 2.21. The molecule has 0 unspecified atom stereocenters. The van der Waals surface area contributed by atoms with E-state index in [9.17, 15) is 9.90 Å². The van der Waals surface area contributed by atoms with E-state index in [4.69, 9.17) is 4.74 Å². The fourth-order valence-electron chi connectivity index (χ4n) is 2.55. The lowest BCUT2D eigenvalue weighted by Gasteiger charge is -2.19. The van der Waals surface area contributed by atoms with E-state index in [2.05, 4.69) is 4.99 Å². The van der Waals surface area contributed by atoms with E-state index in [1.54, 1.807) is 31.5 Å². The number of phenolic OH excluding ortho intramolecular Hbond substituents is 1. The van der Waals surface area contributed by atoms with E-state index < -0.39 is 0 Å². The second-order valence-corrected chi connectivity index (χ2v) is 5.51. The molecular weight excluding hydrogens is 280 g/mol. The van der Waals surface area contributed by atoms with Gasteiger partial charge in [-0.15, -0.1) is 0 Å². The zero-order valence-electron chi connectivity index (χ0n) is 13.1. The van der Waals surface area contributed by atoms with Crippen LogP contribution >= 0.6 is 0 Å². The molecular formula is C17H24N2O3. The number of likely N-dealkylation sites (tertiary alicyclic amines) is 1. The molecule has 0 radical (unpaired) electrons. The Kier molecular flexibility index (Phi) is 6.25. The van der Waals surface area contributed by atoms with Crippen LogP contribution in [0.2, 0.25) is 0 Å². The molecule has 1 N–H and O–H groups in total. The molecule has 1 amide bonds. The van der Waals surface area contributed by atoms with Gasteiger partial charge in [0.05, 0.1) is 7.11 Å². The van der Waals surface area contributed by atoms with Crippen LogP contribution in [-0.2, 0) is 4.79 Å². The van der Waals surface area contributed by atoms with Crippen molar-refractivity contribution in [1.82, 2.24) is 4.90 Å². The Morgan fingerprint density at radius 3 is 3.05 bits per heavy atom. The summed E-state index contributed by atoms with van der Waals surface area (Å²) in [4.78, 5) is 18.1. The minimum atomic E-state index is 0.187. The molecule has 1 aromatic rings. The molecule has 0 atom stereocenters. The van der Waals surface area contributed by atoms with Crippen LogP contribution in [0.4, 0.5) is 0 Å². The summed E-state index contributed by atoms with van der Waals surface area (Å²) in [7, 11) is 1.59. The number of ether oxygens (including phenoxy) is 1. The lowest BCUT2D eigenvalue weighted by Crippen LogP contribution is -2.31. The summed E-state index contributed by atoms with van der Waals surface area (Å²) in [5.41, 5.74) is 0.644. The molecule has 1 saturated heterocycles. The molecule has 0 spiro atoms. The number of benzene rings is 1. The first-order chi connectivity index (χ1) is 10.7. The SMILES string of the molecule is COc1ccc(O)c(C=NCCCN2CCCCCC2=O)c1. The van der Waals surface area contributed by atoms with E-state index in [1.807, 2.05) is 4.90 Å². The molecule has 1 aromatic carbocycles. The molecule has 0 aromatic heterocycles. The molecule has 0 aliphatic carbocycles. The van der Waals surface area contributed by atoms with Gasteiger partial charge in [-0.3, -0.25) is 9.79 Å². The number of methoxy groups -OCH3 is 1. The van der Waals surface area contributed by atoms with Crippen LogP contribution in [-0.4, -0.2) is 48.9 Å². The van der Waals surface area contributed by atoms with Gasteiger partial charge in [0.15, 0.2) is 0 Å². The smallest absolute Gasteiger partial charge is 0.222 e. The lowest BCUT2D eigenvalue weighted by molar-refractivity contribution is -0.130. The Hall–Kier alpha value is -2.04. The van der Waals surface area contributed by atoms with Crippen molar-refractivity contribution >= 4 is 12.1 Å². The van der Waals surface area contributed by atoms with Crippen LogP contribution in [0, 0.1) is 0 Å². The standard InChI is InChI=1S/C17H24N2O3/c1-22-15-7-8-16(20)14(12-15)13-18-9-5-11-19-10-4-2-3-6-17(19)21/h7-8,12-13,20H,2-6,9-11H2,1H3. The van der Waals surface area contributed by atoms with E-state index in [0.29, 0.717) is 24.3 Å². The van der Waals surface area contributed by atoms with E-state index in [1.165, 1.54) is 0 Å². The molecule has 120 valence electrons. The van der Waals surface area contributed by atoms with Gasteiger partial charge in [-0.1, -0.05) is 6.42 Å². The van der Waals surface area contributed by atoms with Crippen molar-refractivity contribution in [1.29, 1.82) is 0 Å². The van der Waals surface area contributed by atoms with Crippen LogP contribution in [0.15, 0.2) is 23.2 Å². The third-order valence-corrected chi connectivity index (χ3v) is 3.85. The van der Waals surface area contributed by atoms with Crippen molar-refractivity contribution in [3.63, 3.8) is 0 Å². The van der Waals surface area contributed by atoms with Crippen LogP contribution in [0.1, 0.15) is 37.7 Å². The number of nitrogens with zero attached hydrogens (tertiary/aromatic N) is 2. The minimum absolute atomic E-state index is 0.187. The zero-order valence-corrected chi connectivity index (χ0v) is 13.1. The maximum absolute atomic E-state index is 11.9. The normalized spacial score (nSPS) is 16.0. The van der Waals surface area contributed by atoms with Crippen molar-refractivity contribution < 1.29 is 14.6 Å². The molecule has 1 aliphatic rings. The average molecular weight is 304 g/mol. The van der Waals surface area contributed by atoms with E-state index >= 15 is 0 Å². The molecule has 0 saturated carbocycles. The number of hydrogen-bond donors (Lipinski definition) is 1. The molecule has 1 fully saturated rings. The highest BCUT2D eigenvalue weighted by atomic mass is 16.5. The third-order valence-electron chi connectivity index (χ3n) is 3.85. The molecule has 0 bridgehead atoms. The number of hydrogen-bond acceptors (Lipinski definition) is 4. The van der Waals surface area contributed by atoms with E-state index in [0.717, 1.165) is 38.8 Å². The van der Waals surface area contributed by atoms with Crippen LogP contribution in [0.25, 0.3) is 0 Å². The summed E-state index contributed by atoms with van der Waals surface area (Å²) in [6.45, 7) is 2.28. The molecule has 2 rings (SSSR count). The second kappa shape index (κ2) is 8.41. The van der Waals surface area contributed by atoms with Gasteiger partial charge >= 0.3 is 0 Å².